The van der Waals surface area contributed by atoms with Crippen LogP contribution in [0.15, 0.2) is 92.2 Å². The first-order valence-corrected chi connectivity index (χ1v) is 17.2. The maximum Gasteiger partial charge on any atom is 0.331 e. The van der Waals surface area contributed by atoms with Crippen molar-refractivity contribution in [3.63, 3.8) is 0 Å². The number of benzene rings is 2. The molecule has 0 fully saturated rings. The predicted molar refractivity (Wildman–Crippen MR) is 202 cm³/mol. The standard InChI is InChI=1S/C18H18ClN3O3.C12H14ClN3O2.C6H5ClO/c1-3-4-8-22-17(23)14-10-16(20-11-15(14)21(2)18(22)24)25-13-7-5-6-12(19)9-13;1-3-4-5-16-11(17)8-6-10(13)14-7-9(8)15(2)12(16)18;7-5-2-1-3-6(8)4-5/h5-7,9-11H,3-4,8H2,1-2H3;6-7H,3-5H2,1-2H3;1-4,8H. The molecule has 268 valence electrons. The van der Waals surface area contributed by atoms with Crippen molar-refractivity contribution in [1.82, 2.24) is 28.2 Å². The number of pyridine rings is 2. The SMILES string of the molecule is CCCCn1c(=O)c2cc(Cl)ncc2n(C)c1=O.CCCCn1c(=O)c2cc(Oc3cccc(Cl)c3)ncc2n(C)c1=O.Oc1cccc(Cl)c1. The molecule has 6 rings (SSSR count). The Labute approximate surface area is 307 Å². The Kier molecular flexibility index (Phi) is 13.6. The summed E-state index contributed by atoms with van der Waals surface area (Å²) in [5.74, 6) is 1.00. The van der Waals surface area contributed by atoms with Gasteiger partial charge >= 0.3 is 11.4 Å². The van der Waals surface area contributed by atoms with Gasteiger partial charge in [-0.25, -0.2) is 19.6 Å². The molecule has 0 radical (unpaired) electrons. The number of aryl methyl sites for hydroxylation is 2. The van der Waals surface area contributed by atoms with Crippen molar-refractivity contribution in [3.8, 4) is 17.4 Å². The normalized spacial score (nSPS) is 10.7. The Balaban J connectivity index is 0.000000194. The summed E-state index contributed by atoms with van der Waals surface area (Å²) in [5, 5.41) is 10.9. The minimum absolute atomic E-state index is 0.206. The van der Waals surface area contributed by atoms with Crippen LogP contribution in [0.25, 0.3) is 21.8 Å². The fourth-order valence-electron chi connectivity index (χ4n) is 4.97. The number of phenols is 1. The van der Waals surface area contributed by atoms with E-state index in [4.69, 9.17) is 44.6 Å². The van der Waals surface area contributed by atoms with Gasteiger partial charge in [-0.3, -0.25) is 27.9 Å². The molecule has 0 unspecified atom stereocenters. The van der Waals surface area contributed by atoms with Gasteiger partial charge in [-0.2, -0.15) is 0 Å². The minimum Gasteiger partial charge on any atom is -0.508 e. The zero-order chi connectivity index (χ0) is 37.2. The van der Waals surface area contributed by atoms with E-state index in [2.05, 4.69) is 9.97 Å². The monoisotopic (exact) mass is 754 g/mol. The summed E-state index contributed by atoms with van der Waals surface area (Å²) in [4.78, 5) is 57.5. The summed E-state index contributed by atoms with van der Waals surface area (Å²) in [6.07, 6.45) is 6.29. The van der Waals surface area contributed by atoms with Crippen LogP contribution < -0.4 is 27.2 Å². The van der Waals surface area contributed by atoms with Gasteiger partial charge in [-0.15, -0.1) is 0 Å². The first kappa shape index (κ1) is 38.9. The molecule has 15 heteroatoms. The lowest BCUT2D eigenvalue weighted by atomic mass is 10.2. The summed E-state index contributed by atoms with van der Waals surface area (Å²) in [6, 6.07) is 16.4. The third-order valence-electron chi connectivity index (χ3n) is 7.71. The molecule has 0 aliphatic carbocycles. The molecule has 4 heterocycles. The van der Waals surface area contributed by atoms with E-state index in [0.29, 0.717) is 50.7 Å². The molecule has 0 amide bonds. The Bertz CT molecular complexity index is 2390. The molecular weight excluding hydrogens is 719 g/mol. The molecule has 0 aliphatic heterocycles. The Morgan fingerprint density at radius 3 is 1.69 bits per heavy atom. The van der Waals surface area contributed by atoms with Crippen molar-refractivity contribution >= 4 is 56.6 Å². The molecule has 1 N–H and O–H groups in total. The molecule has 0 spiro atoms. The number of fused-ring (bicyclic) bond motifs is 2. The van der Waals surface area contributed by atoms with E-state index in [1.54, 1.807) is 62.6 Å². The fourth-order valence-corrected chi connectivity index (χ4v) is 5.49. The summed E-state index contributed by atoms with van der Waals surface area (Å²) < 4.78 is 11.1. The largest absolute Gasteiger partial charge is 0.508 e. The van der Waals surface area contributed by atoms with E-state index in [9.17, 15) is 19.2 Å². The Morgan fingerprint density at radius 2 is 1.20 bits per heavy atom. The zero-order valence-electron chi connectivity index (χ0n) is 28.5. The third-order valence-corrected chi connectivity index (χ3v) is 8.39. The molecule has 0 bridgehead atoms. The van der Waals surface area contributed by atoms with E-state index in [1.165, 1.54) is 42.8 Å². The first-order valence-electron chi connectivity index (χ1n) is 16.1. The van der Waals surface area contributed by atoms with E-state index >= 15 is 0 Å². The van der Waals surface area contributed by atoms with Crippen LogP contribution in [-0.2, 0) is 27.2 Å². The van der Waals surface area contributed by atoms with Gasteiger partial charge in [-0.1, -0.05) is 73.6 Å². The van der Waals surface area contributed by atoms with E-state index < -0.39 is 0 Å². The number of phenolic OH excluding ortho intramolecular Hbond substituents is 1. The molecule has 0 saturated carbocycles. The van der Waals surface area contributed by atoms with Crippen LogP contribution >= 0.6 is 34.8 Å². The highest BCUT2D eigenvalue weighted by atomic mass is 35.5. The molecule has 0 aliphatic rings. The number of aromatic nitrogens is 6. The van der Waals surface area contributed by atoms with Crippen molar-refractivity contribution in [2.24, 2.45) is 14.1 Å². The Morgan fingerprint density at radius 1 is 0.686 bits per heavy atom. The molecule has 12 nitrogen and oxygen atoms in total. The quantitative estimate of drug-likeness (QED) is 0.165. The van der Waals surface area contributed by atoms with Gasteiger partial charge in [0.15, 0.2) is 0 Å². The van der Waals surface area contributed by atoms with Crippen LogP contribution in [0.5, 0.6) is 17.4 Å². The average molecular weight is 756 g/mol. The van der Waals surface area contributed by atoms with E-state index in [0.717, 1.165) is 25.7 Å². The van der Waals surface area contributed by atoms with Gasteiger partial charge in [0.05, 0.1) is 34.2 Å². The van der Waals surface area contributed by atoms with Gasteiger partial charge in [0, 0.05) is 43.3 Å². The molecule has 0 atom stereocenters. The zero-order valence-corrected chi connectivity index (χ0v) is 30.7. The van der Waals surface area contributed by atoms with Crippen LogP contribution in [0.4, 0.5) is 0 Å². The maximum absolute atomic E-state index is 12.7. The topological polar surface area (TPSA) is 143 Å². The van der Waals surface area contributed by atoms with Gasteiger partial charge in [0.25, 0.3) is 11.1 Å². The summed E-state index contributed by atoms with van der Waals surface area (Å²) in [6.45, 7) is 4.84. The van der Waals surface area contributed by atoms with Gasteiger partial charge in [-0.05, 0) is 55.3 Å². The number of nitrogens with zero attached hydrogens (tertiary/aromatic N) is 6. The second-order valence-electron chi connectivity index (χ2n) is 11.4. The Hall–Kier alpha value is -4.91. The lowest BCUT2D eigenvalue weighted by Crippen LogP contribution is -2.39. The summed E-state index contributed by atoms with van der Waals surface area (Å²) in [5.41, 5.74) is -0.305. The molecule has 4 aromatic heterocycles. The van der Waals surface area contributed by atoms with Crippen LogP contribution in [-0.4, -0.2) is 33.3 Å². The van der Waals surface area contributed by atoms with Gasteiger partial charge in [0.2, 0.25) is 5.88 Å². The summed E-state index contributed by atoms with van der Waals surface area (Å²) in [7, 11) is 3.26. The molecule has 2 aromatic carbocycles. The van der Waals surface area contributed by atoms with Crippen LogP contribution in [0.3, 0.4) is 0 Å². The van der Waals surface area contributed by atoms with E-state index in [1.807, 2.05) is 13.8 Å². The highest BCUT2D eigenvalue weighted by Gasteiger charge is 2.14. The molecular formula is C36H37Cl3N6O6. The van der Waals surface area contributed by atoms with Crippen molar-refractivity contribution in [3.05, 3.63) is 130 Å². The third kappa shape index (κ3) is 9.66. The molecule has 51 heavy (non-hydrogen) atoms. The van der Waals surface area contributed by atoms with Gasteiger partial charge in [0.1, 0.15) is 16.7 Å². The highest BCUT2D eigenvalue weighted by Crippen LogP contribution is 2.24. The number of unbranched alkanes of at least 4 members (excludes halogenated alkanes) is 2. The number of halogens is 3. The van der Waals surface area contributed by atoms with Crippen molar-refractivity contribution in [1.29, 1.82) is 0 Å². The number of hydrogen-bond donors (Lipinski definition) is 1. The maximum atomic E-state index is 12.7. The van der Waals surface area contributed by atoms with Crippen molar-refractivity contribution < 1.29 is 9.84 Å². The number of aromatic hydroxyl groups is 1. The molecule has 0 saturated heterocycles. The highest BCUT2D eigenvalue weighted by molar-refractivity contribution is 6.31. The first-order chi connectivity index (χ1) is 24.4. The second-order valence-corrected chi connectivity index (χ2v) is 12.7. The number of ether oxygens (including phenoxy) is 1. The molecule has 6 aromatic rings. The van der Waals surface area contributed by atoms with Crippen LogP contribution in [0, 0.1) is 0 Å². The minimum atomic E-state index is -0.337. The lowest BCUT2D eigenvalue weighted by Gasteiger charge is -2.11. The van der Waals surface area contributed by atoms with E-state index in [-0.39, 0.29) is 39.3 Å². The van der Waals surface area contributed by atoms with Crippen LogP contribution in [0.2, 0.25) is 15.2 Å². The van der Waals surface area contributed by atoms with Gasteiger partial charge < -0.3 is 9.84 Å². The van der Waals surface area contributed by atoms with Crippen molar-refractivity contribution in [2.75, 3.05) is 0 Å². The lowest BCUT2D eigenvalue weighted by molar-refractivity contribution is 0.463. The van der Waals surface area contributed by atoms with Crippen LogP contribution in [0.1, 0.15) is 39.5 Å². The van der Waals surface area contributed by atoms with Crippen molar-refractivity contribution in [2.45, 2.75) is 52.6 Å². The second kappa shape index (κ2) is 17.8. The summed E-state index contributed by atoms with van der Waals surface area (Å²) >= 11 is 17.2. The smallest absolute Gasteiger partial charge is 0.331 e. The number of hydrogen-bond acceptors (Lipinski definition) is 8. The average Bonchev–Trinajstić information content (AvgIpc) is 3.10. The predicted octanol–water partition coefficient (Wildman–Crippen LogP) is 6.94. The number of rotatable bonds is 8. The fraction of sp³-hybridized carbons (Fsp3) is 0.278.